The average Bonchev–Trinajstić information content (AvgIpc) is 3.16. The first-order valence-corrected chi connectivity index (χ1v) is 9.58. The van der Waals surface area contributed by atoms with E-state index in [-0.39, 0.29) is 6.10 Å². The summed E-state index contributed by atoms with van der Waals surface area (Å²) in [6, 6.07) is 6.66. The van der Waals surface area contributed by atoms with E-state index in [1.165, 1.54) is 17.5 Å². The van der Waals surface area contributed by atoms with Gasteiger partial charge in [-0.25, -0.2) is 0 Å². The fraction of sp³-hybridized carbons (Fsp3) is 0.571. The van der Waals surface area contributed by atoms with E-state index < -0.39 is 0 Å². The number of aromatic nitrogens is 1. The molecule has 1 aromatic carbocycles. The molecule has 1 aromatic heterocycles. The van der Waals surface area contributed by atoms with Gasteiger partial charge in [0, 0.05) is 18.2 Å². The van der Waals surface area contributed by atoms with Gasteiger partial charge in [0.05, 0.1) is 18.4 Å². The highest BCUT2D eigenvalue weighted by molar-refractivity contribution is 5.43. The molecule has 0 bridgehead atoms. The lowest BCUT2D eigenvalue weighted by Crippen LogP contribution is -2.23. The molecule has 26 heavy (non-hydrogen) atoms. The fourth-order valence-electron chi connectivity index (χ4n) is 3.81. The second-order valence-corrected chi connectivity index (χ2v) is 7.25. The number of hydrogen-bond donors (Lipinski definition) is 0. The molecule has 0 spiro atoms. The number of ether oxygens (including phenoxy) is 2. The molecule has 0 aliphatic carbocycles. The van der Waals surface area contributed by atoms with Crippen LogP contribution in [0, 0.1) is 13.8 Å². The quantitative estimate of drug-likeness (QED) is 0.710. The van der Waals surface area contributed by atoms with Crippen LogP contribution in [0.4, 0.5) is 0 Å². The Morgan fingerprint density at radius 1 is 1.27 bits per heavy atom. The minimum absolute atomic E-state index is 0.127. The van der Waals surface area contributed by atoms with Crippen LogP contribution in [-0.2, 0) is 6.54 Å². The molecule has 3 rings (SSSR count). The standard InChI is InChI=1S/C21H30N2O3/c1-6-24-20-12-17(9-10-19(20)25-14(2)3)13-23-11-7-8-18(23)21-15(4)22-26-16(21)5/h9-10,12,14,18H,6-8,11,13H2,1-5H3/t18-/m0/s1. The van der Waals surface area contributed by atoms with Crippen LogP contribution in [0.25, 0.3) is 0 Å². The van der Waals surface area contributed by atoms with E-state index in [9.17, 15) is 0 Å². The summed E-state index contributed by atoms with van der Waals surface area (Å²) in [5, 5.41) is 4.14. The Morgan fingerprint density at radius 2 is 2.08 bits per heavy atom. The lowest BCUT2D eigenvalue weighted by Gasteiger charge is -2.25. The third-order valence-corrected chi connectivity index (χ3v) is 4.84. The number of benzene rings is 1. The van der Waals surface area contributed by atoms with E-state index in [4.69, 9.17) is 14.0 Å². The van der Waals surface area contributed by atoms with Crippen LogP contribution in [0.2, 0.25) is 0 Å². The molecule has 142 valence electrons. The highest BCUT2D eigenvalue weighted by atomic mass is 16.5. The molecule has 0 unspecified atom stereocenters. The first-order chi connectivity index (χ1) is 12.5. The van der Waals surface area contributed by atoms with E-state index in [0.29, 0.717) is 12.6 Å². The summed E-state index contributed by atoms with van der Waals surface area (Å²) < 4.78 is 17.1. The fourth-order valence-corrected chi connectivity index (χ4v) is 3.81. The van der Waals surface area contributed by atoms with Crippen molar-refractivity contribution in [3.63, 3.8) is 0 Å². The molecule has 0 amide bonds. The second-order valence-electron chi connectivity index (χ2n) is 7.25. The minimum atomic E-state index is 0.127. The van der Waals surface area contributed by atoms with Crippen LogP contribution in [0.3, 0.4) is 0 Å². The first-order valence-electron chi connectivity index (χ1n) is 9.58. The van der Waals surface area contributed by atoms with E-state index in [1.54, 1.807) is 0 Å². The summed E-state index contributed by atoms with van der Waals surface area (Å²) in [7, 11) is 0. The third-order valence-electron chi connectivity index (χ3n) is 4.84. The Hall–Kier alpha value is -2.01. The van der Waals surface area contributed by atoms with Crippen LogP contribution < -0.4 is 9.47 Å². The summed E-state index contributed by atoms with van der Waals surface area (Å²) in [6.07, 6.45) is 2.47. The maximum atomic E-state index is 5.88. The molecule has 0 saturated carbocycles. The largest absolute Gasteiger partial charge is 0.490 e. The highest BCUT2D eigenvalue weighted by Crippen LogP contribution is 2.37. The lowest BCUT2D eigenvalue weighted by molar-refractivity contribution is 0.222. The van der Waals surface area contributed by atoms with Gasteiger partial charge in [-0.15, -0.1) is 0 Å². The van der Waals surface area contributed by atoms with Crippen molar-refractivity contribution in [1.82, 2.24) is 10.1 Å². The van der Waals surface area contributed by atoms with Crippen molar-refractivity contribution < 1.29 is 14.0 Å². The molecule has 1 fully saturated rings. The molecule has 0 N–H and O–H groups in total. The zero-order valence-electron chi connectivity index (χ0n) is 16.5. The van der Waals surface area contributed by atoms with Gasteiger partial charge in [-0.3, -0.25) is 4.90 Å². The molecule has 0 radical (unpaired) electrons. The van der Waals surface area contributed by atoms with E-state index in [0.717, 1.165) is 42.5 Å². The van der Waals surface area contributed by atoms with Crippen LogP contribution in [0.1, 0.15) is 62.2 Å². The van der Waals surface area contributed by atoms with E-state index in [1.807, 2.05) is 40.7 Å². The van der Waals surface area contributed by atoms with Gasteiger partial charge < -0.3 is 14.0 Å². The predicted molar refractivity (Wildman–Crippen MR) is 102 cm³/mol. The van der Waals surface area contributed by atoms with Crippen LogP contribution >= 0.6 is 0 Å². The summed E-state index contributed by atoms with van der Waals surface area (Å²) in [5.74, 6) is 2.58. The average molecular weight is 358 g/mol. The van der Waals surface area contributed by atoms with Crippen molar-refractivity contribution in [2.45, 2.75) is 66.2 Å². The molecule has 5 nitrogen and oxygen atoms in total. The van der Waals surface area contributed by atoms with E-state index >= 15 is 0 Å². The Morgan fingerprint density at radius 3 is 2.73 bits per heavy atom. The molecule has 1 aliphatic heterocycles. The van der Waals surface area contributed by atoms with Gasteiger partial charge in [-0.1, -0.05) is 11.2 Å². The summed E-state index contributed by atoms with van der Waals surface area (Å²) >= 11 is 0. The zero-order chi connectivity index (χ0) is 18.7. The lowest BCUT2D eigenvalue weighted by atomic mass is 10.0. The minimum Gasteiger partial charge on any atom is -0.490 e. The van der Waals surface area contributed by atoms with Gasteiger partial charge in [0.15, 0.2) is 11.5 Å². The summed E-state index contributed by atoms with van der Waals surface area (Å²) in [6.45, 7) is 12.7. The monoisotopic (exact) mass is 358 g/mol. The number of hydrogen-bond acceptors (Lipinski definition) is 5. The third kappa shape index (κ3) is 4.04. The molecule has 1 aliphatic rings. The predicted octanol–water partition coefficient (Wildman–Crippen LogP) is 4.81. The van der Waals surface area contributed by atoms with Gasteiger partial charge in [0.2, 0.25) is 0 Å². The first kappa shape index (κ1) is 18.8. The second kappa shape index (κ2) is 8.12. The SMILES string of the molecule is CCOc1cc(CN2CCC[C@H]2c2c(C)noc2C)ccc1OC(C)C. The van der Waals surface area contributed by atoms with Gasteiger partial charge >= 0.3 is 0 Å². The van der Waals surface area contributed by atoms with E-state index in [2.05, 4.69) is 22.2 Å². The Balaban J connectivity index is 1.80. The molecule has 1 atom stereocenters. The van der Waals surface area contributed by atoms with Gasteiger partial charge in [-0.05, 0) is 71.7 Å². The van der Waals surface area contributed by atoms with Crippen LogP contribution in [0.5, 0.6) is 11.5 Å². The maximum absolute atomic E-state index is 5.88. The Kier molecular flexibility index (Phi) is 5.87. The zero-order valence-corrected chi connectivity index (χ0v) is 16.5. The molecule has 1 saturated heterocycles. The van der Waals surface area contributed by atoms with Crippen molar-refractivity contribution in [1.29, 1.82) is 0 Å². The smallest absolute Gasteiger partial charge is 0.161 e. The molecular weight excluding hydrogens is 328 g/mol. The highest BCUT2D eigenvalue weighted by Gasteiger charge is 2.30. The molecule has 2 heterocycles. The van der Waals surface area contributed by atoms with Crippen LogP contribution in [0.15, 0.2) is 22.7 Å². The van der Waals surface area contributed by atoms with Crippen molar-refractivity contribution in [3.8, 4) is 11.5 Å². The Bertz CT molecular complexity index is 719. The normalized spacial score (nSPS) is 17.8. The number of aryl methyl sites for hydroxylation is 2. The summed E-state index contributed by atoms with van der Waals surface area (Å²) in [4.78, 5) is 2.51. The summed E-state index contributed by atoms with van der Waals surface area (Å²) in [5.41, 5.74) is 3.51. The van der Waals surface area contributed by atoms with Gasteiger partial charge in [0.1, 0.15) is 5.76 Å². The van der Waals surface area contributed by atoms with Crippen molar-refractivity contribution in [2.75, 3.05) is 13.2 Å². The topological polar surface area (TPSA) is 47.7 Å². The van der Waals surface area contributed by atoms with Crippen molar-refractivity contribution in [2.24, 2.45) is 0 Å². The molecule has 2 aromatic rings. The number of likely N-dealkylation sites (tertiary alicyclic amines) is 1. The van der Waals surface area contributed by atoms with Gasteiger partial charge in [-0.2, -0.15) is 0 Å². The van der Waals surface area contributed by atoms with Gasteiger partial charge in [0.25, 0.3) is 0 Å². The Labute approximate surface area is 156 Å². The number of rotatable bonds is 7. The van der Waals surface area contributed by atoms with Crippen LogP contribution in [-0.4, -0.2) is 29.3 Å². The molecule has 5 heteroatoms. The number of nitrogens with zero attached hydrogens (tertiary/aromatic N) is 2. The van der Waals surface area contributed by atoms with Crippen molar-refractivity contribution >= 4 is 0 Å². The van der Waals surface area contributed by atoms with Crippen molar-refractivity contribution in [3.05, 3.63) is 40.8 Å². The maximum Gasteiger partial charge on any atom is 0.161 e. The molecular formula is C21H30N2O3.